The summed E-state index contributed by atoms with van der Waals surface area (Å²) in [4.78, 5) is 23.9. The second-order valence-corrected chi connectivity index (χ2v) is 13.1. The van der Waals surface area contributed by atoms with E-state index >= 15 is 0 Å². The van der Waals surface area contributed by atoms with Gasteiger partial charge in [0.25, 0.3) is 0 Å². The second kappa shape index (κ2) is 12.3. The number of nitrogens with zero attached hydrogens (tertiary/aromatic N) is 5. The van der Waals surface area contributed by atoms with Crippen molar-refractivity contribution in [3.8, 4) is 56.4 Å². The lowest BCUT2D eigenvalue weighted by atomic mass is 9.99. The third-order valence-electron chi connectivity index (χ3n) is 9.86. The molecule has 0 aliphatic rings. The molecule has 10 rings (SSSR count). The summed E-state index contributed by atoms with van der Waals surface area (Å²) in [6, 6.07) is 53.2. The predicted molar refractivity (Wildman–Crippen MR) is 213 cm³/mol. The zero-order chi connectivity index (χ0) is 34.4. The van der Waals surface area contributed by atoms with E-state index in [0.717, 1.165) is 71.3 Å². The van der Waals surface area contributed by atoms with E-state index < -0.39 is 0 Å². The first kappa shape index (κ1) is 29.8. The minimum Gasteiger partial charge on any atom is -0.264 e. The molecule has 7 aromatic carbocycles. The van der Waals surface area contributed by atoms with Gasteiger partial charge in [-0.05, 0) is 91.0 Å². The molecule has 3 heterocycles. The summed E-state index contributed by atoms with van der Waals surface area (Å²) in [6.45, 7) is 0. The van der Waals surface area contributed by atoms with Crippen LogP contribution < -0.4 is 0 Å². The molecule has 0 radical (unpaired) electrons. The fourth-order valence-corrected chi connectivity index (χ4v) is 7.07. The Labute approximate surface area is 300 Å². The van der Waals surface area contributed by atoms with Gasteiger partial charge in [-0.15, -0.1) is 0 Å². The van der Waals surface area contributed by atoms with Crippen LogP contribution in [0.3, 0.4) is 0 Å². The van der Waals surface area contributed by atoms with Crippen molar-refractivity contribution >= 4 is 43.1 Å². The average Bonchev–Trinajstić information content (AvgIpc) is 3.22. The molecule has 242 valence electrons. The highest BCUT2D eigenvalue weighted by Crippen LogP contribution is 2.34. The number of rotatable bonds is 5. The molecule has 0 fully saturated rings. The van der Waals surface area contributed by atoms with Gasteiger partial charge in [-0.1, -0.05) is 115 Å². The highest BCUT2D eigenvalue weighted by Gasteiger charge is 2.15. The molecule has 0 amide bonds. The average molecular weight is 664 g/mol. The summed E-state index contributed by atoms with van der Waals surface area (Å²) < 4.78 is 0. The van der Waals surface area contributed by atoms with E-state index in [9.17, 15) is 0 Å². The first-order valence-corrected chi connectivity index (χ1v) is 17.3. The zero-order valence-electron chi connectivity index (χ0n) is 28.0. The van der Waals surface area contributed by atoms with Gasteiger partial charge in [-0.25, -0.2) is 15.0 Å². The Morgan fingerprint density at radius 1 is 0.288 bits per heavy atom. The molecule has 10 aromatic rings. The maximum atomic E-state index is 5.13. The molecule has 0 atom stereocenters. The van der Waals surface area contributed by atoms with Gasteiger partial charge in [-0.2, -0.15) is 0 Å². The summed E-state index contributed by atoms with van der Waals surface area (Å²) in [6.07, 6.45) is 7.45. The van der Waals surface area contributed by atoms with Gasteiger partial charge < -0.3 is 0 Å². The molecular weight excluding hydrogens is 635 g/mol. The van der Waals surface area contributed by atoms with E-state index in [1.807, 2.05) is 36.9 Å². The summed E-state index contributed by atoms with van der Waals surface area (Å²) >= 11 is 0. The van der Waals surface area contributed by atoms with Gasteiger partial charge in [0.15, 0.2) is 17.5 Å². The van der Waals surface area contributed by atoms with Crippen LogP contribution in [0.2, 0.25) is 0 Å². The van der Waals surface area contributed by atoms with Crippen LogP contribution in [0.1, 0.15) is 0 Å². The minimum absolute atomic E-state index is 0.626. The van der Waals surface area contributed by atoms with Crippen molar-refractivity contribution in [2.45, 2.75) is 0 Å². The first-order valence-electron chi connectivity index (χ1n) is 17.3. The van der Waals surface area contributed by atoms with Gasteiger partial charge in [0.05, 0.1) is 0 Å². The molecule has 0 N–H and O–H groups in total. The fourth-order valence-electron chi connectivity index (χ4n) is 7.07. The molecule has 5 heteroatoms. The van der Waals surface area contributed by atoms with E-state index in [-0.39, 0.29) is 0 Å². The van der Waals surface area contributed by atoms with Crippen LogP contribution in [0.4, 0.5) is 0 Å². The van der Waals surface area contributed by atoms with Crippen molar-refractivity contribution in [2.75, 3.05) is 0 Å². The third-order valence-corrected chi connectivity index (χ3v) is 9.86. The maximum Gasteiger partial charge on any atom is 0.164 e. The molecule has 5 nitrogen and oxygen atoms in total. The number of aromatic nitrogens is 5. The monoisotopic (exact) mass is 663 g/mol. The largest absolute Gasteiger partial charge is 0.264 e. The minimum atomic E-state index is 0.626. The Morgan fingerprint density at radius 3 is 1.33 bits per heavy atom. The number of hydrogen-bond donors (Lipinski definition) is 0. The smallest absolute Gasteiger partial charge is 0.164 e. The predicted octanol–water partition coefficient (Wildman–Crippen LogP) is 11.6. The topological polar surface area (TPSA) is 64.5 Å². The second-order valence-electron chi connectivity index (χ2n) is 13.1. The lowest BCUT2D eigenvalue weighted by Crippen LogP contribution is -2.00. The fraction of sp³-hybridized carbons (Fsp3) is 0. The van der Waals surface area contributed by atoms with E-state index in [2.05, 4.69) is 149 Å². The van der Waals surface area contributed by atoms with E-state index in [1.54, 1.807) is 0 Å². The lowest BCUT2D eigenvalue weighted by molar-refractivity contribution is 1.08. The van der Waals surface area contributed by atoms with Gasteiger partial charge in [-0.3, -0.25) is 9.97 Å². The van der Waals surface area contributed by atoms with Crippen LogP contribution in [-0.4, -0.2) is 24.9 Å². The lowest BCUT2D eigenvalue weighted by Gasteiger charge is -2.12. The number of benzene rings is 7. The maximum absolute atomic E-state index is 5.13. The van der Waals surface area contributed by atoms with Crippen LogP contribution in [-0.2, 0) is 0 Å². The van der Waals surface area contributed by atoms with Crippen LogP contribution in [0.25, 0.3) is 99.5 Å². The van der Waals surface area contributed by atoms with Crippen LogP contribution >= 0.6 is 0 Å². The number of pyridine rings is 2. The summed E-state index contributed by atoms with van der Waals surface area (Å²) in [5.41, 5.74) is 7.36. The summed E-state index contributed by atoms with van der Waals surface area (Å²) in [7, 11) is 0. The van der Waals surface area contributed by atoms with E-state index in [4.69, 9.17) is 15.0 Å². The third kappa shape index (κ3) is 5.42. The zero-order valence-corrected chi connectivity index (χ0v) is 28.0. The summed E-state index contributed by atoms with van der Waals surface area (Å²) in [5.74, 6) is 1.89. The van der Waals surface area contributed by atoms with Crippen molar-refractivity contribution in [3.05, 3.63) is 176 Å². The molecule has 3 aromatic heterocycles. The summed E-state index contributed by atoms with van der Waals surface area (Å²) in [5, 5.41) is 9.20. The Hall–Kier alpha value is -7.11. The molecular formula is C47H29N5. The van der Waals surface area contributed by atoms with Crippen molar-refractivity contribution in [3.63, 3.8) is 0 Å². The molecule has 0 unspecified atom stereocenters. The Kier molecular flexibility index (Phi) is 7.07. The Morgan fingerprint density at radius 2 is 0.750 bits per heavy atom. The van der Waals surface area contributed by atoms with Gasteiger partial charge in [0, 0.05) is 52.3 Å². The number of fused-ring (bicyclic) bond motifs is 4. The Bertz CT molecular complexity index is 2810. The molecule has 0 bridgehead atoms. The van der Waals surface area contributed by atoms with Crippen molar-refractivity contribution < 1.29 is 0 Å². The van der Waals surface area contributed by atoms with Crippen LogP contribution in [0.5, 0.6) is 0 Å². The highest BCUT2D eigenvalue weighted by molar-refractivity contribution is 6.04. The highest BCUT2D eigenvalue weighted by atomic mass is 15.0. The first-order chi connectivity index (χ1) is 25.7. The molecule has 0 aliphatic heterocycles. The van der Waals surface area contributed by atoms with Crippen LogP contribution in [0, 0.1) is 0 Å². The van der Waals surface area contributed by atoms with Crippen molar-refractivity contribution in [1.29, 1.82) is 0 Å². The van der Waals surface area contributed by atoms with Crippen LogP contribution in [0.15, 0.2) is 176 Å². The molecule has 0 aliphatic carbocycles. The quantitative estimate of drug-likeness (QED) is 0.171. The number of hydrogen-bond acceptors (Lipinski definition) is 5. The molecule has 0 saturated heterocycles. The van der Waals surface area contributed by atoms with Gasteiger partial charge in [0.1, 0.15) is 0 Å². The molecule has 0 spiro atoms. The van der Waals surface area contributed by atoms with E-state index in [0.29, 0.717) is 17.5 Å². The van der Waals surface area contributed by atoms with Gasteiger partial charge >= 0.3 is 0 Å². The van der Waals surface area contributed by atoms with Gasteiger partial charge in [0.2, 0.25) is 0 Å². The standard InChI is InChI=1S/C47H29N5/c1-2-5-35-27-44-40(26-34(35)4-1)6-3-7-43(44)47-51-45(32-12-8-30(9-13-32)36-16-18-41-28-48-22-20-38(41)24-36)50-46(52-47)33-14-10-31(11-15-33)37-17-19-42-29-49-23-21-39(42)25-37/h1-29H. The normalized spacial score (nSPS) is 11.5. The van der Waals surface area contributed by atoms with Crippen molar-refractivity contribution in [1.82, 2.24) is 24.9 Å². The van der Waals surface area contributed by atoms with E-state index in [1.165, 1.54) is 10.8 Å². The molecule has 0 saturated carbocycles. The van der Waals surface area contributed by atoms with Crippen molar-refractivity contribution in [2.24, 2.45) is 0 Å². The SMILES string of the molecule is c1ccc2cc3c(-c4nc(-c5ccc(-c6ccc7cnccc7c6)cc5)nc(-c5ccc(-c6ccc7cnccc7c6)cc5)n4)cccc3cc2c1. The molecule has 52 heavy (non-hydrogen) atoms. The Balaban J connectivity index is 1.09.